The summed E-state index contributed by atoms with van der Waals surface area (Å²) in [4.78, 5) is 0. The lowest BCUT2D eigenvalue weighted by molar-refractivity contribution is 0.446. The molecule has 1 nitrogen and oxygen atoms in total. The molecule has 1 N–H and O–H groups in total. The summed E-state index contributed by atoms with van der Waals surface area (Å²) in [5, 5.41) is 4.68. The van der Waals surface area contributed by atoms with E-state index in [1.807, 2.05) is 0 Å². The Morgan fingerprint density at radius 1 is 1.17 bits per heavy atom. The highest BCUT2D eigenvalue weighted by Gasteiger charge is 2.25. The third-order valence-electron chi connectivity index (χ3n) is 3.02. The number of hydrogen-bond acceptors (Lipinski definition) is 2. The molecular formula is C10H19NS. The minimum atomic E-state index is 0.827. The molecule has 0 radical (unpaired) electrons. The van der Waals surface area contributed by atoms with Gasteiger partial charge in [-0.05, 0) is 19.3 Å². The Morgan fingerprint density at radius 3 is 2.50 bits per heavy atom. The monoisotopic (exact) mass is 185 g/mol. The van der Waals surface area contributed by atoms with Gasteiger partial charge < -0.3 is 5.32 Å². The van der Waals surface area contributed by atoms with E-state index >= 15 is 0 Å². The van der Waals surface area contributed by atoms with Gasteiger partial charge in [0.1, 0.15) is 0 Å². The van der Waals surface area contributed by atoms with Crippen molar-refractivity contribution in [3.05, 3.63) is 0 Å². The summed E-state index contributed by atoms with van der Waals surface area (Å²) in [5.74, 6) is 1.34. The molecule has 0 aromatic rings. The zero-order valence-electron chi connectivity index (χ0n) is 7.88. The smallest absolute Gasteiger partial charge is 0.0171 e. The SMILES string of the molecule is CC1CC(NC2CCCC2)CS1. The Hall–Kier alpha value is 0.310. The van der Waals surface area contributed by atoms with Crippen molar-refractivity contribution in [2.45, 2.75) is 56.4 Å². The lowest BCUT2D eigenvalue weighted by atomic mass is 10.1. The molecule has 0 amide bonds. The van der Waals surface area contributed by atoms with E-state index in [4.69, 9.17) is 0 Å². The van der Waals surface area contributed by atoms with Gasteiger partial charge in [0.2, 0.25) is 0 Å². The Kier molecular flexibility index (Phi) is 2.97. The third kappa shape index (κ3) is 2.17. The first-order valence-electron chi connectivity index (χ1n) is 5.22. The average molecular weight is 185 g/mol. The van der Waals surface area contributed by atoms with Crippen LogP contribution in [0, 0.1) is 0 Å². The van der Waals surface area contributed by atoms with Gasteiger partial charge in [-0.15, -0.1) is 0 Å². The van der Waals surface area contributed by atoms with E-state index in [9.17, 15) is 0 Å². The largest absolute Gasteiger partial charge is 0.310 e. The van der Waals surface area contributed by atoms with E-state index in [0.29, 0.717) is 0 Å². The van der Waals surface area contributed by atoms with Crippen molar-refractivity contribution in [1.82, 2.24) is 5.32 Å². The number of hydrogen-bond donors (Lipinski definition) is 1. The van der Waals surface area contributed by atoms with E-state index in [1.54, 1.807) is 0 Å². The second-order valence-electron chi connectivity index (χ2n) is 4.22. The minimum Gasteiger partial charge on any atom is -0.310 e. The maximum atomic E-state index is 3.79. The van der Waals surface area contributed by atoms with Crippen molar-refractivity contribution < 1.29 is 0 Å². The van der Waals surface area contributed by atoms with Crippen molar-refractivity contribution in [3.63, 3.8) is 0 Å². The lowest BCUT2D eigenvalue weighted by Gasteiger charge is -2.17. The summed E-state index contributed by atoms with van der Waals surface area (Å²) in [6.45, 7) is 2.35. The van der Waals surface area contributed by atoms with Crippen molar-refractivity contribution in [2.75, 3.05) is 5.75 Å². The fourth-order valence-corrected chi connectivity index (χ4v) is 3.52. The zero-order chi connectivity index (χ0) is 8.39. The summed E-state index contributed by atoms with van der Waals surface area (Å²) in [6, 6.07) is 1.69. The lowest BCUT2D eigenvalue weighted by Crippen LogP contribution is -2.36. The Bertz CT molecular complexity index is 143. The summed E-state index contributed by atoms with van der Waals surface area (Å²) in [7, 11) is 0. The van der Waals surface area contributed by atoms with Crippen LogP contribution in [0.4, 0.5) is 0 Å². The van der Waals surface area contributed by atoms with Crippen LogP contribution in [-0.4, -0.2) is 23.1 Å². The first-order chi connectivity index (χ1) is 5.84. The van der Waals surface area contributed by atoms with E-state index < -0.39 is 0 Å². The van der Waals surface area contributed by atoms with Gasteiger partial charge in [-0.2, -0.15) is 11.8 Å². The van der Waals surface area contributed by atoms with Crippen LogP contribution in [0.5, 0.6) is 0 Å². The molecule has 1 saturated carbocycles. The van der Waals surface area contributed by atoms with Crippen LogP contribution in [0.3, 0.4) is 0 Å². The van der Waals surface area contributed by atoms with Crippen molar-refractivity contribution in [3.8, 4) is 0 Å². The van der Waals surface area contributed by atoms with Crippen LogP contribution in [0.1, 0.15) is 39.0 Å². The number of nitrogens with one attached hydrogen (secondary N) is 1. The second-order valence-corrected chi connectivity index (χ2v) is 5.70. The van der Waals surface area contributed by atoms with Crippen LogP contribution in [0.2, 0.25) is 0 Å². The maximum Gasteiger partial charge on any atom is 0.0171 e. The van der Waals surface area contributed by atoms with E-state index in [1.165, 1.54) is 37.9 Å². The van der Waals surface area contributed by atoms with Crippen molar-refractivity contribution in [2.24, 2.45) is 0 Å². The first-order valence-corrected chi connectivity index (χ1v) is 6.27. The van der Waals surface area contributed by atoms with Gasteiger partial charge in [0, 0.05) is 23.1 Å². The van der Waals surface area contributed by atoms with Crippen LogP contribution < -0.4 is 5.32 Å². The molecule has 1 saturated heterocycles. The summed E-state index contributed by atoms with van der Waals surface area (Å²) >= 11 is 2.13. The third-order valence-corrected chi connectivity index (χ3v) is 4.38. The Balaban J connectivity index is 1.72. The molecule has 0 aromatic carbocycles. The number of rotatable bonds is 2. The molecule has 2 atom stereocenters. The standard InChI is InChI=1S/C10H19NS/c1-8-6-10(7-12-8)11-9-4-2-3-5-9/h8-11H,2-7H2,1H3. The van der Waals surface area contributed by atoms with E-state index in [0.717, 1.165) is 17.3 Å². The molecule has 0 aromatic heterocycles. The average Bonchev–Trinajstić information content (AvgIpc) is 2.63. The molecule has 2 unspecified atom stereocenters. The predicted molar refractivity (Wildman–Crippen MR) is 55.7 cm³/mol. The van der Waals surface area contributed by atoms with Gasteiger partial charge in [0.25, 0.3) is 0 Å². The Morgan fingerprint density at radius 2 is 1.92 bits per heavy atom. The topological polar surface area (TPSA) is 12.0 Å². The molecule has 12 heavy (non-hydrogen) atoms. The highest BCUT2D eigenvalue weighted by atomic mass is 32.2. The summed E-state index contributed by atoms with van der Waals surface area (Å²) < 4.78 is 0. The molecule has 2 fully saturated rings. The minimum absolute atomic E-state index is 0.827. The van der Waals surface area contributed by atoms with Gasteiger partial charge in [0.05, 0.1) is 0 Å². The maximum absolute atomic E-state index is 3.79. The highest BCUT2D eigenvalue weighted by molar-refractivity contribution is 8.00. The first kappa shape index (κ1) is 8.89. The van der Waals surface area contributed by atoms with Crippen LogP contribution in [-0.2, 0) is 0 Å². The molecule has 2 aliphatic rings. The molecule has 70 valence electrons. The second kappa shape index (κ2) is 4.01. The van der Waals surface area contributed by atoms with Crippen LogP contribution in [0.15, 0.2) is 0 Å². The molecular weight excluding hydrogens is 166 g/mol. The van der Waals surface area contributed by atoms with Gasteiger partial charge in [0.15, 0.2) is 0 Å². The predicted octanol–water partition coefficient (Wildman–Crippen LogP) is 2.41. The van der Waals surface area contributed by atoms with E-state index in [2.05, 4.69) is 24.0 Å². The normalized spacial score (nSPS) is 37.8. The Labute approximate surface area is 79.7 Å². The molecule has 1 heterocycles. The zero-order valence-corrected chi connectivity index (χ0v) is 8.70. The molecule has 2 rings (SSSR count). The van der Waals surface area contributed by atoms with Gasteiger partial charge in [-0.1, -0.05) is 19.8 Å². The molecule has 0 bridgehead atoms. The van der Waals surface area contributed by atoms with E-state index in [-0.39, 0.29) is 0 Å². The van der Waals surface area contributed by atoms with Gasteiger partial charge in [-0.3, -0.25) is 0 Å². The van der Waals surface area contributed by atoms with Crippen LogP contribution in [0.25, 0.3) is 0 Å². The summed E-state index contributed by atoms with van der Waals surface area (Å²) in [6.07, 6.45) is 7.15. The van der Waals surface area contributed by atoms with Crippen molar-refractivity contribution >= 4 is 11.8 Å². The molecule has 2 heteroatoms. The fourth-order valence-electron chi connectivity index (χ4n) is 2.36. The van der Waals surface area contributed by atoms with Crippen molar-refractivity contribution in [1.29, 1.82) is 0 Å². The highest BCUT2D eigenvalue weighted by Crippen LogP contribution is 2.28. The molecule has 0 spiro atoms. The van der Waals surface area contributed by atoms with Gasteiger partial charge in [-0.25, -0.2) is 0 Å². The quantitative estimate of drug-likeness (QED) is 0.709. The number of thioether (sulfide) groups is 1. The van der Waals surface area contributed by atoms with Gasteiger partial charge >= 0.3 is 0 Å². The molecule has 1 aliphatic carbocycles. The summed E-state index contributed by atoms with van der Waals surface area (Å²) in [5.41, 5.74) is 0. The van der Waals surface area contributed by atoms with Crippen LogP contribution >= 0.6 is 11.8 Å². The molecule has 1 aliphatic heterocycles. The fraction of sp³-hybridized carbons (Fsp3) is 1.00.